The topological polar surface area (TPSA) is 89.1 Å². The first-order chi connectivity index (χ1) is 9.59. The summed E-state index contributed by atoms with van der Waals surface area (Å²) in [5, 5.41) is 6.41. The standard InChI is InChI=1S/C13H19ClN2O4S/c1-13(2,3)6-7-20-12(17)10-11(21(14,18)19)9(15-16-10)8-4-5-8/h8H,4-7H2,1-3H3,(H,15,16). The van der Waals surface area contributed by atoms with Crippen molar-refractivity contribution in [2.75, 3.05) is 6.61 Å². The van der Waals surface area contributed by atoms with E-state index in [1.807, 2.05) is 20.8 Å². The van der Waals surface area contributed by atoms with Crippen molar-refractivity contribution in [3.05, 3.63) is 11.4 Å². The van der Waals surface area contributed by atoms with E-state index in [9.17, 15) is 13.2 Å². The Bertz CT molecular complexity index is 642. The first-order valence-corrected chi connectivity index (χ1v) is 9.10. The Balaban J connectivity index is 2.18. The third kappa shape index (κ3) is 4.20. The predicted octanol–water partition coefficient (Wildman–Crippen LogP) is 2.81. The van der Waals surface area contributed by atoms with Crippen LogP contribution in [0.2, 0.25) is 0 Å². The van der Waals surface area contributed by atoms with E-state index in [0.717, 1.165) is 12.8 Å². The van der Waals surface area contributed by atoms with Gasteiger partial charge in [-0.15, -0.1) is 0 Å². The highest BCUT2D eigenvalue weighted by atomic mass is 35.7. The van der Waals surface area contributed by atoms with Gasteiger partial charge in [-0.25, -0.2) is 13.2 Å². The zero-order valence-electron chi connectivity index (χ0n) is 12.3. The maximum absolute atomic E-state index is 12.0. The summed E-state index contributed by atoms with van der Waals surface area (Å²) in [5.41, 5.74) is 0.181. The number of nitrogens with one attached hydrogen (secondary N) is 1. The Kier molecular flexibility index (Phi) is 4.35. The van der Waals surface area contributed by atoms with Crippen molar-refractivity contribution in [2.24, 2.45) is 5.41 Å². The van der Waals surface area contributed by atoms with Gasteiger partial charge in [0.15, 0.2) is 5.69 Å². The van der Waals surface area contributed by atoms with Crippen LogP contribution in [-0.4, -0.2) is 31.2 Å². The number of hydrogen-bond acceptors (Lipinski definition) is 5. The van der Waals surface area contributed by atoms with E-state index in [4.69, 9.17) is 15.4 Å². The lowest BCUT2D eigenvalue weighted by Crippen LogP contribution is -2.15. The van der Waals surface area contributed by atoms with Gasteiger partial charge in [-0.05, 0) is 24.7 Å². The monoisotopic (exact) mass is 334 g/mol. The van der Waals surface area contributed by atoms with E-state index >= 15 is 0 Å². The minimum absolute atomic E-state index is 0.0203. The van der Waals surface area contributed by atoms with Crippen LogP contribution in [0.1, 0.15) is 62.1 Å². The summed E-state index contributed by atoms with van der Waals surface area (Å²) < 4.78 is 28.5. The lowest BCUT2D eigenvalue weighted by atomic mass is 9.93. The van der Waals surface area contributed by atoms with Crippen LogP contribution in [-0.2, 0) is 13.8 Å². The molecule has 0 aliphatic heterocycles. The van der Waals surface area contributed by atoms with E-state index in [-0.39, 0.29) is 28.5 Å². The van der Waals surface area contributed by atoms with Crippen LogP contribution in [0.15, 0.2) is 4.90 Å². The average molecular weight is 335 g/mol. The van der Waals surface area contributed by atoms with Gasteiger partial charge in [-0.1, -0.05) is 20.8 Å². The van der Waals surface area contributed by atoms with Gasteiger partial charge >= 0.3 is 5.97 Å². The molecule has 1 aromatic rings. The highest BCUT2D eigenvalue weighted by Crippen LogP contribution is 2.43. The average Bonchev–Trinajstić information content (AvgIpc) is 3.04. The normalized spacial score (nSPS) is 16.0. The zero-order chi connectivity index (χ0) is 15.8. The highest BCUT2D eigenvalue weighted by molar-refractivity contribution is 8.13. The molecule has 0 saturated heterocycles. The SMILES string of the molecule is CC(C)(C)CCOC(=O)c1n[nH]c(C2CC2)c1S(=O)(=O)Cl. The van der Waals surface area contributed by atoms with Crippen LogP contribution in [0.3, 0.4) is 0 Å². The number of halogens is 1. The lowest BCUT2D eigenvalue weighted by molar-refractivity contribution is 0.0453. The molecule has 1 aromatic heterocycles. The molecule has 0 unspecified atom stereocenters. The lowest BCUT2D eigenvalue weighted by Gasteiger charge is -2.17. The first-order valence-electron chi connectivity index (χ1n) is 6.79. The van der Waals surface area contributed by atoms with Gasteiger partial charge in [0, 0.05) is 16.6 Å². The number of esters is 1. The van der Waals surface area contributed by atoms with E-state index in [1.54, 1.807) is 0 Å². The molecule has 1 aliphatic rings. The molecule has 0 atom stereocenters. The Hall–Kier alpha value is -1.08. The Morgan fingerprint density at radius 2 is 2.05 bits per heavy atom. The van der Waals surface area contributed by atoms with Crippen LogP contribution in [0.25, 0.3) is 0 Å². The number of aromatic amines is 1. The van der Waals surface area contributed by atoms with E-state index < -0.39 is 15.0 Å². The molecule has 0 aromatic carbocycles. The fourth-order valence-electron chi connectivity index (χ4n) is 1.90. The van der Waals surface area contributed by atoms with Gasteiger partial charge in [0.25, 0.3) is 9.05 Å². The Morgan fingerprint density at radius 1 is 1.43 bits per heavy atom. The minimum Gasteiger partial charge on any atom is -0.461 e. The maximum atomic E-state index is 12.0. The summed E-state index contributed by atoms with van der Waals surface area (Å²) in [6, 6.07) is 0. The molecule has 1 fully saturated rings. The number of carbonyl (C=O) groups is 1. The van der Waals surface area contributed by atoms with Gasteiger partial charge in [0.1, 0.15) is 4.90 Å². The number of nitrogens with zero attached hydrogens (tertiary/aromatic N) is 1. The number of H-pyrrole nitrogens is 1. The number of carbonyl (C=O) groups excluding carboxylic acids is 1. The summed E-state index contributed by atoms with van der Waals surface area (Å²) in [7, 11) is 1.39. The molecule has 21 heavy (non-hydrogen) atoms. The Morgan fingerprint density at radius 3 is 2.52 bits per heavy atom. The summed E-state index contributed by atoms with van der Waals surface area (Å²) in [6.07, 6.45) is 2.39. The quantitative estimate of drug-likeness (QED) is 0.660. The molecule has 0 radical (unpaired) electrons. The summed E-state index contributed by atoms with van der Waals surface area (Å²) in [4.78, 5) is 11.8. The number of aromatic nitrogens is 2. The predicted molar refractivity (Wildman–Crippen MR) is 78.0 cm³/mol. The van der Waals surface area contributed by atoms with Crippen molar-refractivity contribution in [2.45, 2.75) is 50.8 Å². The van der Waals surface area contributed by atoms with Gasteiger partial charge in [-0.3, -0.25) is 5.10 Å². The second-order valence-electron chi connectivity index (χ2n) is 6.47. The number of ether oxygens (including phenoxy) is 1. The fourth-order valence-corrected chi connectivity index (χ4v) is 3.20. The van der Waals surface area contributed by atoms with Gasteiger partial charge < -0.3 is 4.74 Å². The van der Waals surface area contributed by atoms with Crippen LogP contribution >= 0.6 is 10.7 Å². The highest BCUT2D eigenvalue weighted by Gasteiger charge is 2.37. The molecule has 1 aliphatic carbocycles. The van der Waals surface area contributed by atoms with Gasteiger partial charge in [0.2, 0.25) is 0 Å². The van der Waals surface area contributed by atoms with Crippen LogP contribution in [0.5, 0.6) is 0 Å². The second kappa shape index (κ2) is 5.61. The molecule has 1 saturated carbocycles. The smallest absolute Gasteiger partial charge is 0.360 e. The van der Waals surface area contributed by atoms with E-state index in [2.05, 4.69) is 10.2 Å². The molecular weight excluding hydrogens is 316 g/mol. The fraction of sp³-hybridized carbons (Fsp3) is 0.692. The molecule has 1 heterocycles. The molecule has 0 amide bonds. The van der Waals surface area contributed by atoms with Gasteiger partial charge in [0.05, 0.1) is 12.3 Å². The van der Waals surface area contributed by atoms with Crippen molar-refractivity contribution in [1.29, 1.82) is 0 Å². The largest absolute Gasteiger partial charge is 0.461 e. The molecular formula is C13H19ClN2O4S. The van der Waals surface area contributed by atoms with Crippen LogP contribution in [0.4, 0.5) is 0 Å². The Labute approximate surface area is 128 Å². The third-order valence-corrected chi connectivity index (χ3v) is 4.62. The summed E-state index contributed by atoms with van der Waals surface area (Å²) in [6.45, 7) is 6.27. The van der Waals surface area contributed by atoms with Crippen LogP contribution < -0.4 is 0 Å². The van der Waals surface area contributed by atoms with Crippen LogP contribution in [0, 0.1) is 5.41 Å². The second-order valence-corrected chi connectivity index (χ2v) is 8.98. The van der Waals surface area contributed by atoms with Crippen molar-refractivity contribution >= 4 is 25.7 Å². The van der Waals surface area contributed by atoms with Crippen molar-refractivity contribution in [3.8, 4) is 0 Å². The summed E-state index contributed by atoms with van der Waals surface area (Å²) >= 11 is 0. The van der Waals surface area contributed by atoms with Crippen molar-refractivity contribution < 1.29 is 17.9 Å². The van der Waals surface area contributed by atoms with E-state index in [0.29, 0.717) is 12.1 Å². The molecule has 8 heteroatoms. The molecule has 118 valence electrons. The number of rotatable bonds is 5. The zero-order valence-corrected chi connectivity index (χ0v) is 13.8. The minimum atomic E-state index is -4.05. The molecule has 2 rings (SSSR count). The number of hydrogen-bond donors (Lipinski definition) is 1. The summed E-state index contributed by atoms with van der Waals surface area (Å²) in [5.74, 6) is -0.682. The van der Waals surface area contributed by atoms with E-state index in [1.165, 1.54) is 0 Å². The first kappa shape index (κ1) is 16.3. The molecule has 0 bridgehead atoms. The molecule has 1 N–H and O–H groups in total. The third-order valence-electron chi connectivity index (χ3n) is 3.26. The van der Waals surface area contributed by atoms with Crippen molar-refractivity contribution in [3.63, 3.8) is 0 Å². The van der Waals surface area contributed by atoms with Gasteiger partial charge in [-0.2, -0.15) is 5.10 Å². The van der Waals surface area contributed by atoms with Crippen molar-refractivity contribution in [1.82, 2.24) is 10.2 Å². The molecule has 0 spiro atoms. The maximum Gasteiger partial charge on any atom is 0.360 e. The molecule has 6 nitrogen and oxygen atoms in total.